The highest BCUT2D eigenvalue weighted by molar-refractivity contribution is 5.85. The van der Waals surface area contributed by atoms with E-state index in [1.165, 1.54) is 6.42 Å². The first kappa shape index (κ1) is 21.9. The van der Waals surface area contributed by atoms with Crippen LogP contribution in [0.25, 0.3) is 0 Å². The van der Waals surface area contributed by atoms with Gasteiger partial charge in [0, 0.05) is 38.6 Å². The molecule has 0 aromatic rings. The summed E-state index contributed by atoms with van der Waals surface area (Å²) in [6, 6.07) is 0.375. The summed E-state index contributed by atoms with van der Waals surface area (Å²) in [4.78, 5) is 14.3. The Morgan fingerprint density at radius 3 is 2.82 bits per heavy atom. The van der Waals surface area contributed by atoms with Gasteiger partial charge in [-0.2, -0.15) is 0 Å². The summed E-state index contributed by atoms with van der Waals surface area (Å²) >= 11 is 0. The third-order valence-corrected chi connectivity index (χ3v) is 3.97. The first-order chi connectivity index (χ1) is 9.63. The second kappa shape index (κ2) is 11.5. The van der Waals surface area contributed by atoms with E-state index in [2.05, 4.69) is 29.4 Å². The number of rotatable bonds is 6. The normalized spacial score (nSPS) is 25.4. The maximum Gasteiger partial charge on any atom is 0.221 e. The molecule has 2 unspecified atom stereocenters. The van der Waals surface area contributed by atoms with Crippen molar-refractivity contribution in [3.05, 3.63) is 0 Å². The predicted octanol–water partition coefficient (Wildman–Crippen LogP) is 1.45. The van der Waals surface area contributed by atoms with E-state index in [0.29, 0.717) is 24.9 Å². The molecule has 5 nitrogen and oxygen atoms in total. The standard InChI is InChI=1S/C15H29N3O2.2ClH/c1-12(2)10-18-6-7-20-14(11-18)9-17-15(19)8-13-4-3-5-16-13;;/h12-14,16H,3-11H2,1-2H3,(H,17,19);2*1H. The molecule has 0 bridgehead atoms. The van der Waals surface area contributed by atoms with Crippen molar-refractivity contribution in [2.45, 2.75) is 45.3 Å². The fourth-order valence-corrected chi connectivity index (χ4v) is 3.04. The number of morpholine rings is 1. The van der Waals surface area contributed by atoms with Crippen molar-refractivity contribution in [3.8, 4) is 0 Å². The number of hydrogen-bond donors (Lipinski definition) is 2. The highest BCUT2D eigenvalue weighted by atomic mass is 35.5. The molecule has 2 aliphatic heterocycles. The molecule has 0 spiro atoms. The van der Waals surface area contributed by atoms with E-state index in [9.17, 15) is 4.79 Å². The molecular weight excluding hydrogens is 325 g/mol. The van der Waals surface area contributed by atoms with Gasteiger partial charge in [0.1, 0.15) is 0 Å². The number of halogens is 2. The Morgan fingerprint density at radius 2 is 2.18 bits per heavy atom. The molecule has 2 aliphatic rings. The number of hydrogen-bond acceptors (Lipinski definition) is 4. The monoisotopic (exact) mass is 355 g/mol. The van der Waals surface area contributed by atoms with Crippen LogP contribution in [0.3, 0.4) is 0 Å². The first-order valence-electron chi connectivity index (χ1n) is 7.97. The Hall–Kier alpha value is -0.0700. The number of nitrogens with zero attached hydrogens (tertiary/aromatic N) is 1. The summed E-state index contributed by atoms with van der Waals surface area (Å²) in [5, 5.41) is 6.38. The van der Waals surface area contributed by atoms with E-state index in [1.807, 2.05) is 0 Å². The van der Waals surface area contributed by atoms with Crippen molar-refractivity contribution in [2.75, 3.05) is 39.3 Å². The molecule has 2 rings (SSSR count). The van der Waals surface area contributed by atoms with E-state index in [-0.39, 0.29) is 36.8 Å². The maximum atomic E-state index is 11.9. The molecule has 2 atom stereocenters. The van der Waals surface area contributed by atoms with Crippen LogP contribution in [0.4, 0.5) is 0 Å². The highest BCUT2D eigenvalue weighted by Crippen LogP contribution is 2.09. The molecule has 0 aromatic carbocycles. The summed E-state index contributed by atoms with van der Waals surface area (Å²) in [5.74, 6) is 0.825. The Morgan fingerprint density at radius 1 is 1.41 bits per heavy atom. The van der Waals surface area contributed by atoms with Crippen molar-refractivity contribution in [2.24, 2.45) is 5.92 Å². The first-order valence-corrected chi connectivity index (χ1v) is 7.97. The van der Waals surface area contributed by atoms with Crippen LogP contribution >= 0.6 is 24.8 Å². The van der Waals surface area contributed by atoms with Crippen LogP contribution < -0.4 is 10.6 Å². The van der Waals surface area contributed by atoms with E-state index in [0.717, 1.165) is 39.2 Å². The molecule has 2 heterocycles. The van der Waals surface area contributed by atoms with Gasteiger partial charge in [0.15, 0.2) is 0 Å². The van der Waals surface area contributed by atoms with Gasteiger partial charge in [-0.1, -0.05) is 13.8 Å². The lowest BCUT2D eigenvalue weighted by Gasteiger charge is -2.34. The van der Waals surface area contributed by atoms with Crippen LogP contribution in [-0.2, 0) is 9.53 Å². The van der Waals surface area contributed by atoms with E-state index >= 15 is 0 Å². The van der Waals surface area contributed by atoms with Gasteiger partial charge < -0.3 is 15.4 Å². The van der Waals surface area contributed by atoms with Gasteiger partial charge in [-0.3, -0.25) is 9.69 Å². The summed E-state index contributed by atoms with van der Waals surface area (Å²) in [7, 11) is 0. The molecule has 2 N–H and O–H groups in total. The maximum absolute atomic E-state index is 11.9. The fraction of sp³-hybridized carbons (Fsp3) is 0.933. The Labute approximate surface area is 146 Å². The molecule has 2 saturated heterocycles. The zero-order valence-corrected chi connectivity index (χ0v) is 15.3. The van der Waals surface area contributed by atoms with Crippen LogP contribution in [0.1, 0.15) is 33.1 Å². The smallest absolute Gasteiger partial charge is 0.221 e. The van der Waals surface area contributed by atoms with E-state index < -0.39 is 0 Å². The number of carbonyl (C=O) groups excluding carboxylic acids is 1. The number of ether oxygens (including phenoxy) is 1. The third kappa shape index (κ3) is 7.97. The zero-order chi connectivity index (χ0) is 14.4. The van der Waals surface area contributed by atoms with Crippen LogP contribution in [0.15, 0.2) is 0 Å². The predicted molar refractivity (Wildman–Crippen MR) is 94.2 cm³/mol. The number of carbonyl (C=O) groups is 1. The SMILES string of the molecule is CC(C)CN1CCOC(CNC(=O)CC2CCCN2)C1.Cl.Cl. The second-order valence-corrected chi connectivity index (χ2v) is 6.45. The molecule has 2 fully saturated rings. The van der Waals surface area contributed by atoms with E-state index in [4.69, 9.17) is 4.74 Å². The summed E-state index contributed by atoms with van der Waals surface area (Å²) in [6.45, 7) is 9.99. The van der Waals surface area contributed by atoms with Gasteiger partial charge >= 0.3 is 0 Å². The van der Waals surface area contributed by atoms with Crippen molar-refractivity contribution >= 4 is 30.7 Å². The van der Waals surface area contributed by atoms with Gasteiger partial charge in [-0.05, 0) is 25.3 Å². The van der Waals surface area contributed by atoms with Crippen molar-refractivity contribution in [1.29, 1.82) is 0 Å². The molecule has 0 aromatic heterocycles. The van der Waals surface area contributed by atoms with Crippen LogP contribution in [0.5, 0.6) is 0 Å². The second-order valence-electron chi connectivity index (χ2n) is 6.45. The van der Waals surface area contributed by atoms with Crippen LogP contribution in [0.2, 0.25) is 0 Å². The fourth-order valence-electron chi connectivity index (χ4n) is 3.04. The minimum absolute atomic E-state index is 0. The van der Waals surface area contributed by atoms with Crippen molar-refractivity contribution < 1.29 is 9.53 Å². The van der Waals surface area contributed by atoms with Crippen LogP contribution in [-0.4, -0.2) is 62.3 Å². The minimum atomic E-state index is 0. The number of amides is 1. The van der Waals surface area contributed by atoms with Gasteiger partial charge in [-0.15, -0.1) is 24.8 Å². The lowest BCUT2D eigenvalue weighted by Crippen LogP contribution is -2.48. The average molecular weight is 356 g/mol. The molecule has 0 aliphatic carbocycles. The topological polar surface area (TPSA) is 53.6 Å². The molecule has 22 heavy (non-hydrogen) atoms. The third-order valence-electron chi connectivity index (χ3n) is 3.97. The van der Waals surface area contributed by atoms with Crippen molar-refractivity contribution in [3.63, 3.8) is 0 Å². The molecule has 1 amide bonds. The van der Waals surface area contributed by atoms with Gasteiger partial charge in [0.25, 0.3) is 0 Å². The Bertz CT molecular complexity index is 313. The molecular formula is C15H31Cl2N3O2. The Balaban J connectivity index is 0.00000220. The average Bonchev–Trinajstić information content (AvgIpc) is 2.89. The lowest BCUT2D eigenvalue weighted by atomic mass is 10.1. The molecule has 0 radical (unpaired) electrons. The lowest BCUT2D eigenvalue weighted by molar-refractivity contribution is -0.122. The molecule has 132 valence electrons. The van der Waals surface area contributed by atoms with Crippen LogP contribution in [0, 0.1) is 5.92 Å². The quantitative estimate of drug-likeness (QED) is 0.756. The summed E-state index contributed by atoms with van der Waals surface area (Å²) in [6.07, 6.45) is 3.05. The summed E-state index contributed by atoms with van der Waals surface area (Å²) in [5.41, 5.74) is 0. The number of nitrogens with one attached hydrogen (secondary N) is 2. The highest BCUT2D eigenvalue weighted by Gasteiger charge is 2.22. The largest absolute Gasteiger partial charge is 0.374 e. The zero-order valence-electron chi connectivity index (χ0n) is 13.7. The minimum Gasteiger partial charge on any atom is -0.374 e. The summed E-state index contributed by atoms with van der Waals surface area (Å²) < 4.78 is 5.74. The van der Waals surface area contributed by atoms with Gasteiger partial charge in [-0.25, -0.2) is 0 Å². The van der Waals surface area contributed by atoms with Gasteiger partial charge in [0.05, 0.1) is 12.7 Å². The van der Waals surface area contributed by atoms with E-state index in [1.54, 1.807) is 0 Å². The molecule has 0 saturated carbocycles. The molecule has 7 heteroatoms. The van der Waals surface area contributed by atoms with Crippen molar-refractivity contribution in [1.82, 2.24) is 15.5 Å². The Kier molecular flexibility index (Phi) is 11.4. The van der Waals surface area contributed by atoms with Gasteiger partial charge in [0.2, 0.25) is 5.91 Å².